The zero-order valence-corrected chi connectivity index (χ0v) is 17.6. The Hall–Kier alpha value is -2.90. The number of likely N-dealkylation sites (N-methyl/N-ethyl adjacent to an activating group) is 1. The first-order chi connectivity index (χ1) is 13.9. The topological polar surface area (TPSA) is 115 Å². The van der Waals surface area contributed by atoms with Crippen molar-refractivity contribution < 1.29 is 14.0 Å². The third kappa shape index (κ3) is 9.73. The highest BCUT2D eigenvalue weighted by atomic mass is 16.3. The molecule has 2 atom stereocenters. The van der Waals surface area contributed by atoms with Gasteiger partial charge in [0, 0.05) is 13.6 Å². The first-order valence-corrected chi connectivity index (χ1v) is 9.50. The van der Waals surface area contributed by atoms with Crippen LogP contribution in [0.5, 0.6) is 0 Å². The van der Waals surface area contributed by atoms with Gasteiger partial charge in [-0.1, -0.05) is 50.6 Å². The highest BCUT2D eigenvalue weighted by molar-refractivity contribution is 5.92. The van der Waals surface area contributed by atoms with Gasteiger partial charge in [0.15, 0.2) is 0 Å². The van der Waals surface area contributed by atoms with Crippen LogP contribution < -0.4 is 16.8 Å². The van der Waals surface area contributed by atoms with Gasteiger partial charge < -0.3 is 26.1 Å². The number of nitrogens with two attached hydrogens (primary N) is 2. The van der Waals surface area contributed by atoms with Crippen molar-refractivity contribution in [1.82, 2.24) is 10.2 Å². The molecule has 7 nitrogen and oxygen atoms in total. The number of nitrogens with one attached hydrogen (secondary N) is 1. The first kappa shape index (κ1) is 26.1. The predicted molar refractivity (Wildman–Crippen MR) is 117 cm³/mol. The molecule has 0 saturated heterocycles. The van der Waals surface area contributed by atoms with E-state index < -0.39 is 18.0 Å². The van der Waals surface area contributed by atoms with E-state index in [2.05, 4.69) is 32.3 Å². The maximum absolute atomic E-state index is 12.3. The molecule has 1 heterocycles. The number of rotatable bonds is 7. The lowest BCUT2D eigenvalue weighted by Gasteiger charge is -2.24. The average molecular weight is 403 g/mol. The van der Waals surface area contributed by atoms with Gasteiger partial charge >= 0.3 is 0 Å². The Kier molecular flexibility index (Phi) is 13.6. The summed E-state index contributed by atoms with van der Waals surface area (Å²) in [5.41, 5.74) is 12.7. The normalized spacial score (nSPS) is 11.6. The minimum Gasteiger partial charge on any atom is -0.467 e. The highest BCUT2D eigenvalue weighted by Crippen LogP contribution is 2.05. The van der Waals surface area contributed by atoms with Crippen LogP contribution in [0, 0.1) is 0 Å². The van der Waals surface area contributed by atoms with Gasteiger partial charge in [0.1, 0.15) is 17.8 Å². The SMILES string of the molecule is C=C.CCC.CN(Cc1ccccc1)C(=O)C(N)C(N)C(=O)NCc1ccco1. The van der Waals surface area contributed by atoms with Crippen LogP contribution in [0.15, 0.2) is 66.3 Å². The fourth-order valence-electron chi connectivity index (χ4n) is 2.21. The number of carbonyl (C=O) groups is 2. The van der Waals surface area contributed by atoms with Gasteiger partial charge in [0.25, 0.3) is 0 Å². The van der Waals surface area contributed by atoms with Gasteiger partial charge in [-0.05, 0) is 17.7 Å². The number of carbonyl (C=O) groups excluding carboxylic acids is 2. The Bertz CT molecular complexity index is 689. The molecule has 5 N–H and O–H groups in total. The molecule has 0 fully saturated rings. The fraction of sp³-hybridized carbons (Fsp3) is 0.364. The van der Waals surface area contributed by atoms with Crippen molar-refractivity contribution in [3.05, 3.63) is 73.2 Å². The molecule has 160 valence electrons. The van der Waals surface area contributed by atoms with Crippen LogP contribution in [0.1, 0.15) is 31.6 Å². The molecule has 2 amide bonds. The van der Waals surface area contributed by atoms with E-state index in [0.29, 0.717) is 12.3 Å². The van der Waals surface area contributed by atoms with E-state index in [1.165, 1.54) is 17.6 Å². The van der Waals surface area contributed by atoms with Crippen LogP contribution in [-0.4, -0.2) is 35.8 Å². The summed E-state index contributed by atoms with van der Waals surface area (Å²) in [5, 5.41) is 2.60. The van der Waals surface area contributed by atoms with Crippen LogP contribution in [0.4, 0.5) is 0 Å². The van der Waals surface area contributed by atoms with Crippen LogP contribution in [0.25, 0.3) is 0 Å². The molecule has 2 aromatic rings. The first-order valence-electron chi connectivity index (χ1n) is 9.50. The van der Waals surface area contributed by atoms with Crippen molar-refractivity contribution in [3.8, 4) is 0 Å². The quantitative estimate of drug-likeness (QED) is 0.615. The second-order valence-corrected chi connectivity index (χ2v) is 6.24. The number of nitrogens with zero attached hydrogens (tertiary/aromatic N) is 1. The van der Waals surface area contributed by atoms with Crippen molar-refractivity contribution in [2.45, 2.75) is 45.4 Å². The standard InChI is InChI=1S/C17H22N4O3.C3H8.C2H4/c1-21(11-12-6-3-2-4-7-12)17(23)15(19)14(18)16(22)20-10-13-8-5-9-24-13;1-3-2;1-2/h2-9,14-15H,10-11,18-19H2,1H3,(H,20,22);3H2,1-2H3;1-2H2. The zero-order chi connectivity index (χ0) is 22.2. The fourth-order valence-corrected chi connectivity index (χ4v) is 2.21. The smallest absolute Gasteiger partial charge is 0.241 e. The van der Waals surface area contributed by atoms with Crippen molar-refractivity contribution in [3.63, 3.8) is 0 Å². The summed E-state index contributed by atoms with van der Waals surface area (Å²) in [4.78, 5) is 25.8. The summed E-state index contributed by atoms with van der Waals surface area (Å²) in [7, 11) is 1.63. The number of hydrogen-bond donors (Lipinski definition) is 3. The molecule has 0 saturated carbocycles. The second kappa shape index (κ2) is 15.1. The number of amides is 2. The third-order valence-corrected chi connectivity index (χ3v) is 3.63. The zero-order valence-electron chi connectivity index (χ0n) is 17.6. The van der Waals surface area contributed by atoms with Crippen LogP contribution in [0.3, 0.4) is 0 Å². The van der Waals surface area contributed by atoms with Gasteiger partial charge in [-0.15, -0.1) is 13.2 Å². The van der Waals surface area contributed by atoms with E-state index >= 15 is 0 Å². The summed E-state index contributed by atoms with van der Waals surface area (Å²) < 4.78 is 5.11. The molecule has 2 rings (SSSR count). The maximum Gasteiger partial charge on any atom is 0.241 e. The molecule has 0 spiro atoms. The maximum atomic E-state index is 12.3. The molecule has 0 radical (unpaired) electrons. The van der Waals surface area contributed by atoms with Gasteiger partial charge in [-0.25, -0.2) is 0 Å². The lowest BCUT2D eigenvalue weighted by atomic mass is 10.1. The average Bonchev–Trinajstić information content (AvgIpc) is 3.26. The van der Waals surface area contributed by atoms with Crippen LogP contribution >= 0.6 is 0 Å². The van der Waals surface area contributed by atoms with E-state index in [1.54, 1.807) is 19.2 Å². The summed E-state index contributed by atoms with van der Waals surface area (Å²) in [5.74, 6) is -0.295. The summed E-state index contributed by atoms with van der Waals surface area (Å²) in [6.45, 7) is 10.8. The Labute approximate surface area is 173 Å². The van der Waals surface area contributed by atoms with E-state index in [0.717, 1.165) is 5.56 Å². The molecule has 0 aliphatic carbocycles. The minimum atomic E-state index is -1.13. The van der Waals surface area contributed by atoms with Crippen molar-refractivity contribution >= 4 is 11.8 Å². The molecular weight excluding hydrogens is 368 g/mol. The number of benzene rings is 1. The predicted octanol–water partition coefficient (Wildman–Crippen LogP) is 2.43. The summed E-state index contributed by atoms with van der Waals surface area (Å²) in [6.07, 6.45) is 2.76. The molecule has 0 bridgehead atoms. The van der Waals surface area contributed by atoms with E-state index in [4.69, 9.17) is 15.9 Å². The van der Waals surface area contributed by atoms with Gasteiger partial charge in [0.05, 0.1) is 12.8 Å². The van der Waals surface area contributed by atoms with Gasteiger partial charge in [-0.2, -0.15) is 0 Å². The van der Waals surface area contributed by atoms with Crippen molar-refractivity contribution in [2.24, 2.45) is 11.5 Å². The van der Waals surface area contributed by atoms with Gasteiger partial charge in [-0.3, -0.25) is 9.59 Å². The van der Waals surface area contributed by atoms with Crippen LogP contribution in [0.2, 0.25) is 0 Å². The molecule has 1 aromatic heterocycles. The van der Waals surface area contributed by atoms with E-state index in [9.17, 15) is 9.59 Å². The Balaban J connectivity index is 0.00000143. The second-order valence-electron chi connectivity index (χ2n) is 6.24. The molecule has 1 aromatic carbocycles. The van der Waals surface area contributed by atoms with E-state index in [1.807, 2.05) is 30.3 Å². The van der Waals surface area contributed by atoms with Gasteiger partial charge in [0.2, 0.25) is 11.8 Å². The molecule has 7 heteroatoms. The molecule has 0 aliphatic heterocycles. The lowest BCUT2D eigenvalue weighted by molar-refractivity contribution is -0.135. The van der Waals surface area contributed by atoms with Crippen molar-refractivity contribution in [2.75, 3.05) is 7.05 Å². The molecule has 29 heavy (non-hydrogen) atoms. The van der Waals surface area contributed by atoms with Crippen molar-refractivity contribution in [1.29, 1.82) is 0 Å². The molecule has 2 unspecified atom stereocenters. The minimum absolute atomic E-state index is 0.195. The molecule has 0 aliphatic rings. The number of furan rings is 1. The lowest BCUT2D eigenvalue weighted by Crippen LogP contribution is -2.58. The Morgan fingerprint density at radius 3 is 2.17 bits per heavy atom. The van der Waals surface area contributed by atoms with E-state index in [-0.39, 0.29) is 12.5 Å². The Morgan fingerprint density at radius 1 is 1.07 bits per heavy atom. The van der Waals surface area contributed by atoms with Crippen LogP contribution in [-0.2, 0) is 22.7 Å². The largest absolute Gasteiger partial charge is 0.467 e. The molecular formula is C22H34N4O3. The summed E-state index contributed by atoms with van der Waals surface area (Å²) in [6, 6.07) is 10.7. The summed E-state index contributed by atoms with van der Waals surface area (Å²) >= 11 is 0. The number of hydrogen-bond acceptors (Lipinski definition) is 5. The highest BCUT2D eigenvalue weighted by Gasteiger charge is 2.29. The third-order valence-electron chi connectivity index (χ3n) is 3.63. The Morgan fingerprint density at radius 2 is 1.66 bits per heavy atom. The monoisotopic (exact) mass is 402 g/mol.